The smallest absolute Gasteiger partial charge is 0.251 e. The molecule has 0 unspecified atom stereocenters. The van der Waals surface area contributed by atoms with Crippen LogP contribution in [0.3, 0.4) is 0 Å². The highest BCUT2D eigenvalue weighted by Crippen LogP contribution is 2.40. The number of aromatic amines is 1. The zero-order valence-corrected chi connectivity index (χ0v) is 16.8. The normalized spacial score (nSPS) is 14.5. The van der Waals surface area contributed by atoms with Gasteiger partial charge in [-0.1, -0.05) is 26.0 Å². The van der Waals surface area contributed by atoms with E-state index in [1.807, 2.05) is 18.2 Å². The molecule has 2 heterocycles. The first-order valence-electron chi connectivity index (χ1n) is 9.63. The van der Waals surface area contributed by atoms with Gasteiger partial charge in [-0.2, -0.15) is 9.49 Å². The van der Waals surface area contributed by atoms with E-state index in [9.17, 15) is 9.18 Å². The Kier molecular flexibility index (Phi) is 4.82. The summed E-state index contributed by atoms with van der Waals surface area (Å²) in [7, 11) is 1.60. The molecule has 1 amide bonds. The lowest BCUT2D eigenvalue weighted by Crippen LogP contribution is -2.18. The van der Waals surface area contributed by atoms with Gasteiger partial charge in [-0.25, -0.2) is 4.98 Å². The van der Waals surface area contributed by atoms with E-state index in [0.717, 1.165) is 35.4 Å². The van der Waals surface area contributed by atoms with Crippen LogP contribution in [-0.4, -0.2) is 28.1 Å². The monoisotopic (exact) mass is 393 g/mol. The number of rotatable bonds is 5. The SMILES string of the molecule is CNC(=O)c1cccc(CNc2cc(-c3n[nH]c4c3CC(C)(C)C4)cc(F)n2)c1. The fraction of sp³-hybridized carbons (Fsp3) is 0.318. The highest BCUT2D eigenvalue weighted by molar-refractivity contribution is 5.94. The first-order chi connectivity index (χ1) is 13.8. The minimum Gasteiger partial charge on any atom is -0.366 e. The standard InChI is InChI=1S/C22H24FN5O/c1-22(2)10-16-17(11-22)27-28-20(16)15-8-18(23)26-19(9-15)25-12-13-5-4-6-14(7-13)21(29)24-3/h4-9H,10-12H2,1-3H3,(H,24,29)(H,25,26)(H,27,28). The second kappa shape index (κ2) is 7.31. The zero-order chi connectivity index (χ0) is 20.6. The number of carbonyl (C=O) groups is 1. The van der Waals surface area contributed by atoms with Crippen LogP contribution in [0.2, 0.25) is 0 Å². The average Bonchev–Trinajstić information content (AvgIpc) is 3.20. The summed E-state index contributed by atoms with van der Waals surface area (Å²) >= 11 is 0. The minimum absolute atomic E-state index is 0.145. The Morgan fingerprint density at radius 1 is 1.24 bits per heavy atom. The van der Waals surface area contributed by atoms with Crippen LogP contribution in [0.15, 0.2) is 36.4 Å². The number of pyridine rings is 1. The summed E-state index contributed by atoms with van der Waals surface area (Å²) in [5, 5.41) is 13.3. The molecule has 3 aromatic rings. The summed E-state index contributed by atoms with van der Waals surface area (Å²) < 4.78 is 14.2. The van der Waals surface area contributed by atoms with Gasteiger partial charge in [-0.05, 0) is 42.0 Å². The summed E-state index contributed by atoms with van der Waals surface area (Å²) in [6.07, 6.45) is 1.85. The number of halogens is 1. The van der Waals surface area contributed by atoms with Crippen molar-refractivity contribution < 1.29 is 9.18 Å². The third-order valence-corrected chi connectivity index (χ3v) is 5.22. The lowest BCUT2D eigenvalue weighted by molar-refractivity contribution is 0.0963. The molecular formula is C22H24FN5O. The molecule has 1 aliphatic rings. The summed E-state index contributed by atoms with van der Waals surface area (Å²) in [4.78, 5) is 15.8. The van der Waals surface area contributed by atoms with Gasteiger partial charge in [-0.15, -0.1) is 0 Å². The maximum Gasteiger partial charge on any atom is 0.251 e. The molecular weight excluding hydrogens is 369 g/mol. The van der Waals surface area contributed by atoms with Crippen molar-refractivity contribution in [1.29, 1.82) is 0 Å². The van der Waals surface area contributed by atoms with E-state index in [2.05, 4.69) is 39.7 Å². The largest absolute Gasteiger partial charge is 0.366 e. The van der Waals surface area contributed by atoms with Crippen molar-refractivity contribution in [3.8, 4) is 11.3 Å². The number of anilines is 1. The zero-order valence-electron chi connectivity index (χ0n) is 16.8. The van der Waals surface area contributed by atoms with Crippen LogP contribution in [0.4, 0.5) is 10.2 Å². The molecule has 4 rings (SSSR count). The molecule has 0 saturated carbocycles. The van der Waals surface area contributed by atoms with E-state index in [-0.39, 0.29) is 11.3 Å². The van der Waals surface area contributed by atoms with Gasteiger partial charge >= 0.3 is 0 Å². The fourth-order valence-electron chi connectivity index (χ4n) is 3.88. The lowest BCUT2D eigenvalue weighted by atomic mass is 9.90. The van der Waals surface area contributed by atoms with Crippen LogP contribution < -0.4 is 10.6 Å². The number of hydrogen-bond acceptors (Lipinski definition) is 4. The molecule has 0 radical (unpaired) electrons. The fourth-order valence-corrected chi connectivity index (χ4v) is 3.88. The number of nitrogens with one attached hydrogen (secondary N) is 3. The van der Waals surface area contributed by atoms with Crippen molar-refractivity contribution in [2.24, 2.45) is 5.41 Å². The first-order valence-corrected chi connectivity index (χ1v) is 9.63. The number of benzene rings is 1. The molecule has 7 heteroatoms. The van der Waals surface area contributed by atoms with Crippen LogP contribution in [0.5, 0.6) is 0 Å². The van der Waals surface area contributed by atoms with E-state index in [4.69, 9.17) is 0 Å². The molecule has 3 N–H and O–H groups in total. The van der Waals surface area contributed by atoms with Crippen LogP contribution >= 0.6 is 0 Å². The van der Waals surface area contributed by atoms with Gasteiger partial charge in [0.25, 0.3) is 5.91 Å². The molecule has 0 saturated heterocycles. The Morgan fingerprint density at radius 2 is 2.07 bits per heavy atom. The van der Waals surface area contributed by atoms with Gasteiger partial charge in [0.05, 0.1) is 5.69 Å². The predicted molar refractivity (Wildman–Crippen MR) is 110 cm³/mol. The van der Waals surface area contributed by atoms with Gasteiger partial charge < -0.3 is 10.6 Å². The first kappa shape index (κ1) is 19.1. The third-order valence-electron chi connectivity index (χ3n) is 5.22. The lowest BCUT2D eigenvalue weighted by Gasteiger charge is -2.15. The molecule has 6 nitrogen and oxygen atoms in total. The van der Waals surface area contributed by atoms with Gasteiger partial charge in [0.2, 0.25) is 5.95 Å². The molecule has 2 aromatic heterocycles. The molecule has 1 aliphatic carbocycles. The number of amides is 1. The third kappa shape index (κ3) is 3.99. The Morgan fingerprint density at radius 3 is 2.86 bits per heavy atom. The van der Waals surface area contributed by atoms with E-state index < -0.39 is 5.95 Å². The van der Waals surface area contributed by atoms with Crippen molar-refractivity contribution in [1.82, 2.24) is 20.5 Å². The number of carbonyl (C=O) groups excluding carboxylic acids is 1. The maximum absolute atomic E-state index is 14.2. The van der Waals surface area contributed by atoms with Crippen LogP contribution in [0.1, 0.15) is 41.0 Å². The van der Waals surface area contributed by atoms with E-state index in [1.165, 1.54) is 6.07 Å². The maximum atomic E-state index is 14.2. The Bertz CT molecular complexity index is 1070. The molecule has 0 fully saturated rings. The molecule has 0 spiro atoms. The number of nitrogens with zero attached hydrogens (tertiary/aromatic N) is 2. The Balaban J connectivity index is 1.56. The van der Waals surface area contributed by atoms with E-state index in [0.29, 0.717) is 23.5 Å². The topological polar surface area (TPSA) is 82.7 Å². The minimum atomic E-state index is -0.557. The molecule has 1 aromatic carbocycles. The van der Waals surface area contributed by atoms with Crippen molar-refractivity contribution in [2.75, 3.05) is 12.4 Å². The van der Waals surface area contributed by atoms with Crippen molar-refractivity contribution in [3.63, 3.8) is 0 Å². The van der Waals surface area contributed by atoms with Crippen molar-refractivity contribution in [2.45, 2.75) is 33.2 Å². The molecule has 150 valence electrons. The molecule has 29 heavy (non-hydrogen) atoms. The Labute approximate surface area is 169 Å². The summed E-state index contributed by atoms with van der Waals surface area (Å²) in [6.45, 7) is 4.86. The second-order valence-corrected chi connectivity index (χ2v) is 8.24. The second-order valence-electron chi connectivity index (χ2n) is 8.24. The number of H-pyrrole nitrogens is 1. The van der Waals surface area contributed by atoms with Gasteiger partial charge in [0, 0.05) is 42.0 Å². The van der Waals surface area contributed by atoms with Crippen LogP contribution in [0, 0.1) is 11.4 Å². The van der Waals surface area contributed by atoms with E-state index in [1.54, 1.807) is 19.2 Å². The van der Waals surface area contributed by atoms with E-state index >= 15 is 0 Å². The van der Waals surface area contributed by atoms with Crippen molar-refractivity contribution >= 4 is 11.7 Å². The Hall–Kier alpha value is -3.22. The predicted octanol–water partition coefficient (Wildman–Crippen LogP) is 3.71. The molecule has 0 atom stereocenters. The van der Waals surface area contributed by atoms with Crippen LogP contribution in [0.25, 0.3) is 11.3 Å². The molecule has 0 aliphatic heterocycles. The number of hydrogen-bond donors (Lipinski definition) is 3. The highest BCUT2D eigenvalue weighted by atomic mass is 19.1. The summed E-state index contributed by atoms with van der Waals surface area (Å²) in [5.74, 6) is -0.272. The van der Waals surface area contributed by atoms with Crippen LogP contribution in [-0.2, 0) is 19.4 Å². The number of fused-ring (bicyclic) bond motifs is 1. The highest BCUT2D eigenvalue weighted by Gasteiger charge is 2.32. The average molecular weight is 393 g/mol. The van der Waals surface area contributed by atoms with Gasteiger partial charge in [-0.3, -0.25) is 9.89 Å². The van der Waals surface area contributed by atoms with Gasteiger partial charge in [0.1, 0.15) is 5.82 Å². The summed E-state index contributed by atoms with van der Waals surface area (Å²) in [5.41, 5.74) is 5.44. The molecule has 0 bridgehead atoms. The van der Waals surface area contributed by atoms with Gasteiger partial charge in [0.15, 0.2) is 0 Å². The van der Waals surface area contributed by atoms with Crippen molar-refractivity contribution in [3.05, 3.63) is 64.7 Å². The number of aromatic nitrogens is 3. The quantitative estimate of drug-likeness (QED) is 0.577. The summed E-state index contributed by atoms with van der Waals surface area (Å²) in [6, 6.07) is 10.5.